The molecule has 15 heavy (non-hydrogen) atoms. The van der Waals surface area contributed by atoms with Crippen molar-refractivity contribution in [1.29, 1.82) is 0 Å². The molecule has 1 unspecified atom stereocenters. The zero-order valence-electron chi connectivity index (χ0n) is 10.3. The minimum absolute atomic E-state index is 0.733. The number of rotatable bonds is 8. The second kappa shape index (κ2) is 8.08. The van der Waals surface area contributed by atoms with E-state index in [9.17, 15) is 0 Å². The fourth-order valence-corrected chi connectivity index (χ4v) is 2.09. The smallest absolute Gasteiger partial charge is 0.0478 e. The summed E-state index contributed by atoms with van der Waals surface area (Å²) in [7, 11) is 0. The molecule has 0 spiro atoms. The van der Waals surface area contributed by atoms with E-state index in [0.29, 0.717) is 0 Å². The monoisotopic (exact) mass is 214 g/mol. The van der Waals surface area contributed by atoms with Gasteiger partial charge < -0.3 is 15.0 Å². The molecule has 90 valence electrons. The van der Waals surface area contributed by atoms with Crippen LogP contribution in [0.15, 0.2) is 0 Å². The van der Waals surface area contributed by atoms with Crippen molar-refractivity contribution < 1.29 is 4.74 Å². The molecule has 3 nitrogen and oxygen atoms in total. The van der Waals surface area contributed by atoms with Crippen LogP contribution in [0.5, 0.6) is 0 Å². The normalized spacial score (nSPS) is 22.4. The molecule has 1 rings (SSSR count). The molecule has 0 aromatic carbocycles. The van der Waals surface area contributed by atoms with Crippen LogP contribution < -0.4 is 5.32 Å². The van der Waals surface area contributed by atoms with Crippen molar-refractivity contribution in [2.45, 2.75) is 39.2 Å². The lowest BCUT2D eigenvalue weighted by atomic mass is 10.2. The van der Waals surface area contributed by atoms with E-state index < -0.39 is 0 Å². The van der Waals surface area contributed by atoms with Crippen molar-refractivity contribution in [3.8, 4) is 0 Å². The Morgan fingerprint density at radius 3 is 3.00 bits per heavy atom. The van der Waals surface area contributed by atoms with Crippen LogP contribution in [0.1, 0.15) is 33.1 Å². The SMILES string of the molecule is CCCNC1CCN(CCCOCC)C1. The third-order valence-electron chi connectivity index (χ3n) is 2.92. The van der Waals surface area contributed by atoms with Crippen LogP contribution in [0.3, 0.4) is 0 Å². The van der Waals surface area contributed by atoms with E-state index in [-0.39, 0.29) is 0 Å². The van der Waals surface area contributed by atoms with E-state index in [1.165, 1.54) is 38.9 Å². The van der Waals surface area contributed by atoms with Crippen molar-refractivity contribution in [1.82, 2.24) is 10.2 Å². The Kier molecular flexibility index (Phi) is 6.98. The Morgan fingerprint density at radius 2 is 2.27 bits per heavy atom. The number of likely N-dealkylation sites (tertiary alicyclic amines) is 1. The van der Waals surface area contributed by atoms with E-state index >= 15 is 0 Å². The predicted octanol–water partition coefficient (Wildman–Crippen LogP) is 1.49. The number of ether oxygens (including phenoxy) is 1. The van der Waals surface area contributed by atoms with Gasteiger partial charge in [-0.15, -0.1) is 0 Å². The molecule has 1 aliphatic rings. The van der Waals surface area contributed by atoms with Gasteiger partial charge in [-0.25, -0.2) is 0 Å². The predicted molar refractivity (Wildman–Crippen MR) is 64.2 cm³/mol. The van der Waals surface area contributed by atoms with Gasteiger partial charge in [0.25, 0.3) is 0 Å². The summed E-state index contributed by atoms with van der Waals surface area (Å²) in [5.74, 6) is 0. The van der Waals surface area contributed by atoms with Crippen LogP contribution in [-0.4, -0.2) is 50.3 Å². The molecule has 0 saturated carbocycles. The van der Waals surface area contributed by atoms with E-state index in [1.54, 1.807) is 0 Å². The zero-order chi connectivity index (χ0) is 10.9. The molecule has 0 radical (unpaired) electrons. The lowest BCUT2D eigenvalue weighted by Gasteiger charge is -2.16. The van der Waals surface area contributed by atoms with Crippen LogP contribution in [0.25, 0.3) is 0 Å². The van der Waals surface area contributed by atoms with Gasteiger partial charge in [0.05, 0.1) is 0 Å². The summed E-state index contributed by atoms with van der Waals surface area (Å²) in [5, 5.41) is 3.59. The Bertz CT molecular complexity index is 153. The van der Waals surface area contributed by atoms with Gasteiger partial charge in [0.15, 0.2) is 0 Å². The molecule has 1 atom stereocenters. The summed E-state index contributed by atoms with van der Waals surface area (Å²) in [6, 6.07) is 0.733. The molecule has 1 N–H and O–H groups in total. The fourth-order valence-electron chi connectivity index (χ4n) is 2.09. The maximum Gasteiger partial charge on any atom is 0.0478 e. The summed E-state index contributed by atoms with van der Waals surface area (Å²) < 4.78 is 5.34. The van der Waals surface area contributed by atoms with Crippen LogP contribution >= 0.6 is 0 Å². The van der Waals surface area contributed by atoms with Gasteiger partial charge in [0, 0.05) is 32.3 Å². The van der Waals surface area contributed by atoms with Gasteiger partial charge >= 0.3 is 0 Å². The van der Waals surface area contributed by atoms with Crippen LogP contribution in [0, 0.1) is 0 Å². The highest BCUT2D eigenvalue weighted by Gasteiger charge is 2.20. The number of nitrogens with zero attached hydrogens (tertiary/aromatic N) is 1. The Morgan fingerprint density at radius 1 is 1.40 bits per heavy atom. The summed E-state index contributed by atoms with van der Waals surface area (Å²) in [4.78, 5) is 2.55. The zero-order valence-corrected chi connectivity index (χ0v) is 10.3. The van der Waals surface area contributed by atoms with Gasteiger partial charge in [-0.05, 0) is 39.3 Å². The van der Waals surface area contributed by atoms with E-state index in [4.69, 9.17) is 4.74 Å². The largest absolute Gasteiger partial charge is 0.382 e. The summed E-state index contributed by atoms with van der Waals surface area (Å²) in [6.45, 7) is 10.9. The number of hydrogen-bond donors (Lipinski definition) is 1. The maximum atomic E-state index is 5.34. The topological polar surface area (TPSA) is 24.5 Å². The summed E-state index contributed by atoms with van der Waals surface area (Å²) in [5.41, 5.74) is 0. The van der Waals surface area contributed by atoms with Crippen molar-refractivity contribution in [2.75, 3.05) is 39.4 Å². The van der Waals surface area contributed by atoms with Crippen molar-refractivity contribution in [2.24, 2.45) is 0 Å². The molecule has 0 aromatic rings. The second-order valence-corrected chi connectivity index (χ2v) is 4.29. The van der Waals surface area contributed by atoms with Crippen LogP contribution in [-0.2, 0) is 4.74 Å². The third kappa shape index (κ3) is 5.50. The molecule has 1 aliphatic heterocycles. The molecule has 0 aromatic heterocycles. The first-order chi connectivity index (χ1) is 7.36. The average Bonchev–Trinajstić information content (AvgIpc) is 2.69. The first-order valence-electron chi connectivity index (χ1n) is 6.40. The molecule has 1 saturated heterocycles. The lowest BCUT2D eigenvalue weighted by Crippen LogP contribution is -2.33. The third-order valence-corrected chi connectivity index (χ3v) is 2.92. The molecule has 1 fully saturated rings. The van der Waals surface area contributed by atoms with Crippen molar-refractivity contribution in [3.63, 3.8) is 0 Å². The molecule has 0 aliphatic carbocycles. The standard InChI is InChI=1S/C12H26N2O/c1-3-7-13-12-6-9-14(11-12)8-5-10-15-4-2/h12-13H,3-11H2,1-2H3. The number of nitrogens with one attached hydrogen (secondary N) is 1. The van der Waals surface area contributed by atoms with Crippen molar-refractivity contribution >= 4 is 0 Å². The molecular weight excluding hydrogens is 188 g/mol. The van der Waals surface area contributed by atoms with Crippen LogP contribution in [0.2, 0.25) is 0 Å². The van der Waals surface area contributed by atoms with Crippen LogP contribution in [0.4, 0.5) is 0 Å². The maximum absolute atomic E-state index is 5.34. The van der Waals surface area contributed by atoms with Crippen molar-refractivity contribution in [3.05, 3.63) is 0 Å². The first kappa shape index (κ1) is 12.9. The lowest BCUT2D eigenvalue weighted by molar-refractivity contribution is 0.135. The molecule has 1 heterocycles. The summed E-state index contributed by atoms with van der Waals surface area (Å²) >= 11 is 0. The highest BCUT2D eigenvalue weighted by atomic mass is 16.5. The highest BCUT2D eigenvalue weighted by Crippen LogP contribution is 2.09. The van der Waals surface area contributed by atoms with Gasteiger partial charge in [-0.2, -0.15) is 0 Å². The second-order valence-electron chi connectivity index (χ2n) is 4.29. The quantitative estimate of drug-likeness (QED) is 0.620. The van der Waals surface area contributed by atoms with Gasteiger partial charge in [-0.1, -0.05) is 6.92 Å². The van der Waals surface area contributed by atoms with Gasteiger partial charge in [-0.3, -0.25) is 0 Å². The fraction of sp³-hybridized carbons (Fsp3) is 1.00. The Hall–Kier alpha value is -0.120. The average molecular weight is 214 g/mol. The Balaban J connectivity index is 1.98. The van der Waals surface area contributed by atoms with Gasteiger partial charge in [0.1, 0.15) is 0 Å². The van der Waals surface area contributed by atoms with E-state index in [2.05, 4.69) is 24.1 Å². The minimum Gasteiger partial charge on any atom is -0.382 e. The summed E-state index contributed by atoms with van der Waals surface area (Å²) in [6.07, 6.45) is 3.73. The molecule has 3 heteroatoms. The van der Waals surface area contributed by atoms with E-state index in [0.717, 1.165) is 25.8 Å². The molecule has 0 bridgehead atoms. The molecule has 0 amide bonds. The minimum atomic E-state index is 0.733. The molecular formula is C12H26N2O. The van der Waals surface area contributed by atoms with E-state index in [1.807, 2.05) is 0 Å². The Labute approximate surface area is 94.2 Å². The first-order valence-corrected chi connectivity index (χ1v) is 6.40. The number of hydrogen-bond acceptors (Lipinski definition) is 3. The highest BCUT2D eigenvalue weighted by molar-refractivity contribution is 4.80. The van der Waals surface area contributed by atoms with Gasteiger partial charge in [0.2, 0.25) is 0 Å².